The number of Topliss-reactive ketones (excluding diaryl/α,β-unsaturated/α-hetero) is 1. The molecule has 5 nitrogen and oxygen atoms in total. The largest absolute Gasteiger partial charge is 0.506 e. The molecule has 1 aromatic heterocycles. The van der Waals surface area contributed by atoms with Crippen LogP contribution in [0.3, 0.4) is 0 Å². The first-order chi connectivity index (χ1) is 5.63. The molecule has 0 radical (unpaired) electrons. The Labute approximate surface area is 67.3 Å². The van der Waals surface area contributed by atoms with Gasteiger partial charge in [0.25, 0.3) is 5.78 Å². The molecule has 0 amide bonds. The second-order valence-corrected chi connectivity index (χ2v) is 2.01. The first kappa shape index (κ1) is 8.19. The Morgan fingerprint density at radius 2 is 2.08 bits per heavy atom. The highest BCUT2D eigenvalue weighted by Crippen LogP contribution is 2.12. The highest BCUT2D eigenvalue weighted by Gasteiger charge is 2.19. The molecule has 0 aromatic carbocycles. The predicted octanol–water partition coefficient (Wildman–Crippen LogP) is 0.0545. The van der Waals surface area contributed by atoms with Crippen molar-refractivity contribution in [3.05, 3.63) is 24.0 Å². The minimum absolute atomic E-state index is 0.426. The quantitative estimate of drug-likeness (QED) is 0.480. The number of hydrogen-bond donors (Lipinski definition) is 2. The van der Waals surface area contributed by atoms with Crippen LogP contribution in [-0.2, 0) is 4.79 Å². The van der Waals surface area contributed by atoms with Crippen molar-refractivity contribution in [2.75, 3.05) is 0 Å². The van der Waals surface area contributed by atoms with Crippen LogP contribution < -0.4 is 0 Å². The SMILES string of the molecule is O=C(O)C(=O)c1ncccc1O. The molecule has 0 saturated heterocycles. The van der Waals surface area contributed by atoms with E-state index in [1.54, 1.807) is 0 Å². The molecule has 0 spiro atoms. The zero-order valence-electron chi connectivity index (χ0n) is 5.89. The van der Waals surface area contributed by atoms with Crippen molar-refractivity contribution in [1.82, 2.24) is 4.98 Å². The maximum absolute atomic E-state index is 10.7. The summed E-state index contributed by atoms with van der Waals surface area (Å²) < 4.78 is 0. The predicted molar refractivity (Wildman–Crippen MR) is 37.9 cm³/mol. The number of carboxylic acid groups (broad SMARTS) is 1. The number of aromatic hydroxyl groups is 1. The first-order valence-corrected chi connectivity index (χ1v) is 3.04. The van der Waals surface area contributed by atoms with Gasteiger partial charge in [-0.3, -0.25) is 4.79 Å². The fourth-order valence-electron chi connectivity index (χ4n) is 0.673. The van der Waals surface area contributed by atoms with E-state index in [9.17, 15) is 9.59 Å². The Bertz CT molecular complexity index is 334. The summed E-state index contributed by atoms with van der Waals surface area (Å²) in [6, 6.07) is 2.59. The van der Waals surface area contributed by atoms with Crippen molar-refractivity contribution in [3.63, 3.8) is 0 Å². The highest BCUT2D eigenvalue weighted by molar-refractivity contribution is 6.39. The number of nitrogens with zero attached hydrogens (tertiary/aromatic N) is 1. The van der Waals surface area contributed by atoms with Gasteiger partial charge in [-0.05, 0) is 12.1 Å². The molecule has 2 N–H and O–H groups in total. The van der Waals surface area contributed by atoms with Crippen molar-refractivity contribution in [3.8, 4) is 5.75 Å². The fourth-order valence-corrected chi connectivity index (χ4v) is 0.673. The monoisotopic (exact) mass is 167 g/mol. The molecule has 0 fully saturated rings. The second kappa shape index (κ2) is 3.00. The molecule has 5 heteroatoms. The maximum Gasteiger partial charge on any atom is 0.379 e. The van der Waals surface area contributed by atoms with Gasteiger partial charge in [-0.1, -0.05) is 0 Å². The summed E-state index contributed by atoms with van der Waals surface area (Å²) >= 11 is 0. The first-order valence-electron chi connectivity index (χ1n) is 3.04. The molecule has 1 aromatic rings. The number of carbonyl (C=O) groups excluding carboxylic acids is 1. The van der Waals surface area contributed by atoms with E-state index in [-0.39, 0.29) is 0 Å². The zero-order chi connectivity index (χ0) is 9.14. The minimum Gasteiger partial charge on any atom is -0.506 e. The average molecular weight is 167 g/mol. The third-order valence-corrected chi connectivity index (χ3v) is 1.20. The van der Waals surface area contributed by atoms with Gasteiger partial charge < -0.3 is 10.2 Å². The number of aromatic nitrogens is 1. The van der Waals surface area contributed by atoms with Gasteiger partial charge in [-0.25, -0.2) is 9.78 Å². The molecule has 12 heavy (non-hydrogen) atoms. The van der Waals surface area contributed by atoms with Crippen LogP contribution in [0.2, 0.25) is 0 Å². The van der Waals surface area contributed by atoms with Crippen molar-refractivity contribution in [1.29, 1.82) is 0 Å². The molecule has 0 saturated carbocycles. The number of pyridine rings is 1. The molecular formula is C7H5NO4. The van der Waals surface area contributed by atoms with E-state index in [1.807, 2.05) is 0 Å². The van der Waals surface area contributed by atoms with Gasteiger partial charge in [0.1, 0.15) is 5.75 Å². The Morgan fingerprint density at radius 1 is 1.42 bits per heavy atom. The van der Waals surface area contributed by atoms with E-state index >= 15 is 0 Å². The molecule has 62 valence electrons. The summed E-state index contributed by atoms with van der Waals surface area (Å²) in [5, 5.41) is 17.2. The van der Waals surface area contributed by atoms with Crippen LogP contribution in [0.25, 0.3) is 0 Å². The van der Waals surface area contributed by atoms with Crippen LogP contribution in [0.1, 0.15) is 10.5 Å². The summed E-state index contributed by atoms with van der Waals surface area (Å²) in [5.74, 6) is -3.28. The van der Waals surface area contributed by atoms with E-state index in [2.05, 4.69) is 4.98 Å². The van der Waals surface area contributed by atoms with Crippen LogP contribution in [0, 0.1) is 0 Å². The summed E-state index contributed by atoms with van der Waals surface area (Å²) in [5.41, 5.74) is -0.440. The van der Waals surface area contributed by atoms with Gasteiger partial charge in [0, 0.05) is 6.20 Å². The topological polar surface area (TPSA) is 87.5 Å². The van der Waals surface area contributed by atoms with Gasteiger partial charge in [-0.15, -0.1) is 0 Å². The zero-order valence-corrected chi connectivity index (χ0v) is 5.89. The van der Waals surface area contributed by atoms with Crippen molar-refractivity contribution >= 4 is 11.8 Å². The maximum atomic E-state index is 10.7. The summed E-state index contributed by atoms with van der Waals surface area (Å²) in [7, 11) is 0. The number of carbonyl (C=O) groups is 2. The third-order valence-electron chi connectivity index (χ3n) is 1.20. The molecule has 0 aliphatic carbocycles. The van der Waals surface area contributed by atoms with Gasteiger partial charge in [0.15, 0.2) is 5.69 Å². The summed E-state index contributed by atoms with van der Waals surface area (Å²) in [6.07, 6.45) is 1.23. The molecule has 0 atom stereocenters. The Balaban J connectivity index is 3.11. The van der Waals surface area contributed by atoms with Crippen LogP contribution in [0.4, 0.5) is 0 Å². The highest BCUT2D eigenvalue weighted by atomic mass is 16.4. The Hall–Kier alpha value is -1.91. The fraction of sp³-hybridized carbons (Fsp3) is 0. The Morgan fingerprint density at radius 3 is 2.58 bits per heavy atom. The number of carboxylic acids is 1. The van der Waals surface area contributed by atoms with E-state index in [4.69, 9.17) is 10.2 Å². The lowest BCUT2D eigenvalue weighted by atomic mass is 10.2. The van der Waals surface area contributed by atoms with Crippen LogP contribution >= 0.6 is 0 Å². The average Bonchev–Trinajstić information content (AvgIpc) is 2.04. The van der Waals surface area contributed by atoms with Crippen molar-refractivity contribution < 1.29 is 19.8 Å². The third kappa shape index (κ3) is 1.39. The van der Waals surface area contributed by atoms with Crippen LogP contribution in [0.5, 0.6) is 5.75 Å². The lowest BCUT2D eigenvalue weighted by Gasteiger charge is -1.96. The standard InChI is InChI=1S/C7H5NO4/c9-4-2-1-3-8-5(4)6(10)7(11)12/h1-3,9H,(H,11,12). The normalized spacial score (nSPS) is 9.33. The van der Waals surface area contributed by atoms with Crippen molar-refractivity contribution in [2.24, 2.45) is 0 Å². The number of hydrogen-bond acceptors (Lipinski definition) is 4. The second-order valence-electron chi connectivity index (χ2n) is 2.01. The van der Waals surface area contributed by atoms with Gasteiger partial charge >= 0.3 is 5.97 Å². The van der Waals surface area contributed by atoms with E-state index < -0.39 is 23.2 Å². The van der Waals surface area contributed by atoms with Crippen molar-refractivity contribution in [2.45, 2.75) is 0 Å². The minimum atomic E-state index is -1.64. The van der Waals surface area contributed by atoms with Gasteiger partial charge in [-0.2, -0.15) is 0 Å². The number of rotatable bonds is 2. The summed E-state index contributed by atoms with van der Waals surface area (Å²) in [6.45, 7) is 0. The smallest absolute Gasteiger partial charge is 0.379 e. The molecule has 0 bridgehead atoms. The van der Waals surface area contributed by atoms with E-state index in [0.29, 0.717) is 0 Å². The molecular weight excluding hydrogens is 162 g/mol. The van der Waals surface area contributed by atoms with Gasteiger partial charge in [0.2, 0.25) is 0 Å². The lowest BCUT2D eigenvalue weighted by Crippen LogP contribution is -2.14. The molecule has 0 aliphatic rings. The molecule has 1 heterocycles. The van der Waals surface area contributed by atoms with E-state index in [1.165, 1.54) is 18.3 Å². The van der Waals surface area contributed by atoms with E-state index in [0.717, 1.165) is 0 Å². The molecule has 0 aliphatic heterocycles. The molecule has 1 rings (SSSR count). The molecule has 0 unspecified atom stereocenters. The lowest BCUT2D eigenvalue weighted by molar-refractivity contribution is -0.131. The number of aliphatic carboxylic acids is 1. The van der Waals surface area contributed by atoms with Crippen LogP contribution in [0.15, 0.2) is 18.3 Å². The number of ketones is 1. The Kier molecular flexibility index (Phi) is 2.05. The van der Waals surface area contributed by atoms with Gasteiger partial charge in [0.05, 0.1) is 0 Å². The summed E-state index contributed by atoms with van der Waals surface area (Å²) in [4.78, 5) is 24.3. The van der Waals surface area contributed by atoms with Crippen LogP contribution in [-0.4, -0.2) is 26.9 Å².